The Bertz CT molecular complexity index is 305. The van der Waals surface area contributed by atoms with Crippen LogP contribution in [0.25, 0.3) is 0 Å². The zero-order valence-corrected chi connectivity index (χ0v) is 9.44. The van der Waals surface area contributed by atoms with Crippen LogP contribution in [-0.4, -0.2) is 6.61 Å². The van der Waals surface area contributed by atoms with Gasteiger partial charge in [-0.25, -0.2) is 4.39 Å². The fourth-order valence-corrected chi connectivity index (χ4v) is 2.00. The van der Waals surface area contributed by atoms with Crippen molar-refractivity contribution in [3.8, 4) is 5.75 Å². The molecule has 0 atom stereocenters. The summed E-state index contributed by atoms with van der Waals surface area (Å²) in [7, 11) is 0. The van der Waals surface area contributed by atoms with E-state index in [9.17, 15) is 4.39 Å². The Balaban J connectivity index is 2.35. The minimum Gasteiger partial charge on any atom is -0.493 e. The zero-order chi connectivity index (χ0) is 9.97. The predicted molar refractivity (Wildman–Crippen MR) is 57.2 cm³/mol. The predicted octanol–water partition coefficient (Wildman–Crippen LogP) is 3.69. The van der Waals surface area contributed by atoms with E-state index < -0.39 is 0 Å². The molecule has 1 heterocycles. The lowest BCUT2D eigenvalue weighted by Gasteiger charge is -2.15. The molecule has 0 aliphatic carbocycles. The molecule has 14 heavy (non-hydrogen) atoms. The van der Waals surface area contributed by atoms with E-state index in [-0.39, 0.29) is 5.82 Å². The van der Waals surface area contributed by atoms with E-state index in [0.29, 0.717) is 4.47 Å². The van der Waals surface area contributed by atoms with Gasteiger partial charge in [0.2, 0.25) is 0 Å². The first-order valence-corrected chi connectivity index (χ1v) is 5.67. The van der Waals surface area contributed by atoms with Gasteiger partial charge < -0.3 is 4.74 Å². The molecule has 0 spiro atoms. The third-order valence-corrected chi connectivity index (χ3v) is 3.06. The summed E-state index contributed by atoms with van der Waals surface area (Å²) in [6, 6.07) is 3.31. The monoisotopic (exact) mass is 258 g/mol. The molecule has 0 N–H and O–H groups in total. The van der Waals surface area contributed by atoms with Gasteiger partial charge in [-0.3, -0.25) is 0 Å². The number of ether oxygens (including phenoxy) is 1. The molecule has 1 aromatic carbocycles. The molecule has 0 radical (unpaired) electrons. The smallest absolute Gasteiger partial charge is 0.137 e. The molecule has 0 saturated carbocycles. The van der Waals surface area contributed by atoms with Crippen LogP contribution in [0.4, 0.5) is 4.39 Å². The third kappa shape index (κ3) is 2.08. The Morgan fingerprint density at radius 3 is 2.93 bits per heavy atom. The van der Waals surface area contributed by atoms with Gasteiger partial charge in [-0.2, -0.15) is 0 Å². The van der Waals surface area contributed by atoms with E-state index in [0.717, 1.165) is 43.6 Å². The SMILES string of the molecule is Fc1cc2c(cc1Br)OCCCCC2. The minimum atomic E-state index is -0.201. The Morgan fingerprint density at radius 2 is 2.07 bits per heavy atom. The lowest BCUT2D eigenvalue weighted by molar-refractivity contribution is 0.293. The molecule has 3 heteroatoms. The molecule has 0 amide bonds. The van der Waals surface area contributed by atoms with Crippen LogP contribution in [0.3, 0.4) is 0 Å². The second kappa shape index (κ2) is 4.30. The van der Waals surface area contributed by atoms with Crippen molar-refractivity contribution < 1.29 is 9.13 Å². The number of hydrogen-bond donors (Lipinski definition) is 0. The molecule has 1 aliphatic rings. The number of hydrogen-bond acceptors (Lipinski definition) is 1. The van der Waals surface area contributed by atoms with Gasteiger partial charge in [0, 0.05) is 0 Å². The van der Waals surface area contributed by atoms with Crippen LogP contribution in [0, 0.1) is 5.82 Å². The van der Waals surface area contributed by atoms with Gasteiger partial charge in [0.15, 0.2) is 0 Å². The lowest BCUT2D eigenvalue weighted by atomic mass is 10.0. The van der Waals surface area contributed by atoms with Gasteiger partial charge in [0.25, 0.3) is 0 Å². The van der Waals surface area contributed by atoms with Crippen molar-refractivity contribution in [2.75, 3.05) is 6.61 Å². The Hall–Kier alpha value is -0.570. The zero-order valence-electron chi connectivity index (χ0n) is 7.85. The average molecular weight is 259 g/mol. The molecule has 0 saturated heterocycles. The molecule has 1 aliphatic heterocycles. The first kappa shape index (κ1) is 9.97. The highest BCUT2D eigenvalue weighted by Crippen LogP contribution is 2.29. The maximum absolute atomic E-state index is 13.2. The van der Waals surface area contributed by atoms with Crippen LogP contribution in [0.2, 0.25) is 0 Å². The number of rotatable bonds is 0. The Kier molecular flexibility index (Phi) is 3.06. The van der Waals surface area contributed by atoms with Crippen molar-refractivity contribution in [1.29, 1.82) is 0 Å². The van der Waals surface area contributed by atoms with Crippen molar-refractivity contribution in [3.63, 3.8) is 0 Å². The van der Waals surface area contributed by atoms with Crippen LogP contribution in [-0.2, 0) is 6.42 Å². The Morgan fingerprint density at radius 1 is 1.21 bits per heavy atom. The summed E-state index contributed by atoms with van der Waals surface area (Å²) in [5, 5.41) is 0. The number of halogens is 2. The van der Waals surface area contributed by atoms with Crippen molar-refractivity contribution in [2.45, 2.75) is 25.7 Å². The maximum Gasteiger partial charge on any atom is 0.137 e. The first-order chi connectivity index (χ1) is 6.77. The highest BCUT2D eigenvalue weighted by Gasteiger charge is 2.11. The van der Waals surface area contributed by atoms with Crippen molar-refractivity contribution in [1.82, 2.24) is 0 Å². The fourth-order valence-electron chi connectivity index (χ4n) is 1.68. The van der Waals surface area contributed by atoms with Crippen molar-refractivity contribution >= 4 is 15.9 Å². The van der Waals surface area contributed by atoms with Crippen LogP contribution in [0.1, 0.15) is 24.8 Å². The molecule has 0 unspecified atom stereocenters. The summed E-state index contributed by atoms with van der Waals surface area (Å²) in [5.74, 6) is 0.630. The normalized spacial score (nSPS) is 16.4. The molecule has 76 valence electrons. The number of fused-ring (bicyclic) bond motifs is 1. The highest BCUT2D eigenvalue weighted by molar-refractivity contribution is 9.10. The molecule has 2 rings (SSSR count). The van der Waals surface area contributed by atoms with E-state index in [1.807, 2.05) is 0 Å². The summed E-state index contributed by atoms with van der Waals surface area (Å²) in [6.45, 7) is 0.741. The molecule has 1 nitrogen and oxygen atoms in total. The van der Waals surface area contributed by atoms with Gasteiger partial charge >= 0.3 is 0 Å². The molecular formula is C11H12BrFO. The summed E-state index contributed by atoms with van der Waals surface area (Å²) in [4.78, 5) is 0. The summed E-state index contributed by atoms with van der Waals surface area (Å²) in [5.41, 5.74) is 0.991. The number of benzene rings is 1. The molecule has 0 bridgehead atoms. The van der Waals surface area contributed by atoms with E-state index in [1.165, 1.54) is 0 Å². The summed E-state index contributed by atoms with van der Waals surface area (Å²) < 4.78 is 19.3. The summed E-state index contributed by atoms with van der Waals surface area (Å²) in [6.07, 6.45) is 4.29. The van der Waals surface area contributed by atoms with Crippen molar-refractivity contribution in [2.24, 2.45) is 0 Å². The second-order valence-corrected chi connectivity index (χ2v) is 4.39. The van der Waals surface area contributed by atoms with E-state index in [4.69, 9.17) is 4.74 Å². The summed E-state index contributed by atoms with van der Waals surface area (Å²) >= 11 is 3.16. The van der Waals surface area contributed by atoms with Crippen LogP contribution >= 0.6 is 15.9 Å². The Labute approximate surface area is 91.4 Å². The third-order valence-electron chi connectivity index (χ3n) is 2.45. The topological polar surface area (TPSA) is 9.23 Å². The average Bonchev–Trinajstić information content (AvgIpc) is 2.13. The van der Waals surface area contributed by atoms with Gasteiger partial charge in [0.05, 0.1) is 11.1 Å². The second-order valence-electron chi connectivity index (χ2n) is 3.53. The van der Waals surface area contributed by atoms with Gasteiger partial charge in [0.1, 0.15) is 11.6 Å². The molecule has 0 aromatic heterocycles. The first-order valence-electron chi connectivity index (χ1n) is 4.88. The van der Waals surface area contributed by atoms with E-state index in [1.54, 1.807) is 12.1 Å². The minimum absolute atomic E-state index is 0.201. The van der Waals surface area contributed by atoms with Crippen molar-refractivity contribution in [3.05, 3.63) is 28.0 Å². The van der Waals surface area contributed by atoms with Gasteiger partial charge in [-0.1, -0.05) is 0 Å². The van der Waals surface area contributed by atoms with E-state index >= 15 is 0 Å². The largest absolute Gasteiger partial charge is 0.493 e. The van der Waals surface area contributed by atoms with Crippen LogP contribution in [0.15, 0.2) is 16.6 Å². The van der Waals surface area contributed by atoms with Crippen LogP contribution in [0.5, 0.6) is 5.75 Å². The maximum atomic E-state index is 13.2. The number of aryl methyl sites for hydroxylation is 1. The van der Waals surface area contributed by atoms with Gasteiger partial charge in [-0.15, -0.1) is 0 Å². The lowest BCUT2D eigenvalue weighted by Crippen LogP contribution is -2.05. The van der Waals surface area contributed by atoms with E-state index in [2.05, 4.69) is 15.9 Å². The molecule has 0 fully saturated rings. The fraction of sp³-hybridized carbons (Fsp3) is 0.455. The highest BCUT2D eigenvalue weighted by atomic mass is 79.9. The standard InChI is InChI=1S/C11H12BrFO/c12-9-7-11-8(6-10(9)13)4-2-1-3-5-14-11/h6-7H,1-5H2. The quantitative estimate of drug-likeness (QED) is 0.690. The van der Waals surface area contributed by atoms with Crippen LogP contribution < -0.4 is 4.74 Å². The molecular weight excluding hydrogens is 247 g/mol. The molecule has 1 aromatic rings. The van der Waals surface area contributed by atoms with Gasteiger partial charge in [-0.05, 0) is 59.3 Å².